The number of rotatable bonds is 4. The number of hydrogen-bond donors (Lipinski definition) is 3. The summed E-state index contributed by atoms with van der Waals surface area (Å²) in [5.41, 5.74) is -0.885. The largest absolute Gasteiger partial charge is 0.394 e. The molecule has 0 aliphatic heterocycles. The Kier molecular flexibility index (Phi) is 2.93. The van der Waals surface area contributed by atoms with Crippen molar-refractivity contribution in [1.29, 1.82) is 0 Å². The van der Waals surface area contributed by atoms with E-state index in [1.54, 1.807) is 13.8 Å². The highest BCUT2D eigenvalue weighted by molar-refractivity contribution is 7.89. The second kappa shape index (κ2) is 3.68. The lowest BCUT2D eigenvalue weighted by Gasteiger charge is -2.22. The lowest BCUT2D eigenvalue weighted by molar-refractivity contribution is 0.208. The van der Waals surface area contributed by atoms with E-state index in [-0.39, 0.29) is 11.6 Å². The Labute approximate surface area is 82.4 Å². The molecule has 0 spiro atoms. The fourth-order valence-corrected chi connectivity index (χ4v) is 2.16. The van der Waals surface area contributed by atoms with Gasteiger partial charge >= 0.3 is 0 Å². The summed E-state index contributed by atoms with van der Waals surface area (Å²) in [5, 5.41) is 14.8. The maximum absolute atomic E-state index is 11.6. The number of aromatic nitrogens is 2. The number of aliphatic hydroxyl groups excluding tert-OH is 1. The van der Waals surface area contributed by atoms with Gasteiger partial charge < -0.3 is 5.11 Å². The van der Waals surface area contributed by atoms with Crippen LogP contribution in [0.3, 0.4) is 0 Å². The van der Waals surface area contributed by atoms with Crippen LogP contribution in [0.25, 0.3) is 0 Å². The highest BCUT2D eigenvalue weighted by atomic mass is 32.2. The van der Waals surface area contributed by atoms with E-state index in [2.05, 4.69) is 14.9 Å². The number of sulfonamides is 1. The Morgan fingerprint density at radius 1 is 1.64 bits per heavy atom. The van der Waals surface area contributed by atoms with E-state index in [9.17, 15) is 8.42 Å². The van der Waals surface area contributed by atoms with E-state index >= 15 is 0 Å². The molecule has 0 atom stereocenters. The monoisotopic (exact) mass is 219 g/mol. The summed E-state index contributed by atoms with van der Waals surface area (Å²) in [6.45, 7) is 2.89. The molecule has 0 bridgehead atoms. The maximum atomic E-state index is 11.6. The molecule has 0 unspecified atom stereocenters. The van der Waals surface area contributed by atoms with Crippen molar-refractivity contribution in [3.05, 3.63) is 12.3 Å². The van der Waals surface area contributed by atoms with Crippen molar-refractivity contribution in [3.63, 3.8) is 0 Å². The average Bonchev–Trinajstić information content (AvgIpc) is 2.54. The van der Waals surface area contributed by atoms with Gasteiger partial charge in [-0.2, -0.15) is 5.10 Å². The van der Waals surface area contributed by atoms with Crippen LogP contribution in [-0.4, -0.2) is 35.9 Å². The van der Waals surface area contributed by atoms with Crippen molar-refractivity contribution in [1.82, 2.24) is 14.9 Å². The van der Waals surface area contributed by atoms with Crippen molar-refractivity contribution < 1.29 is 13.5 Å². The number of nitrogens with zero attached hydrogens (tertiary/aromatic N) is 1. The van der Waals surface area contributed by atoms with Gasteiger partial charge in [0.15, 0.2) is 5.03 Å². The van der Waals surface area contributed by atoms with Crippen molar-refractivity contribution in [2.75, 3.05) is 6.61 Å². The van der Waals surface area contributed by atoms with Gasteiger partial charge in [0.1, 0.15) is 0 Å². The predicted molar refractivity (Wildman–Crippen MR) is 50.1 cm³/mol. The van der Waals surface area contributed by atoms with E-state index in [1.807, 2.05) is 0 Å². The standard InChI is InChI=1S/C7H13N3O3S/c1-7(2,5-11)10-14(12,13)6-3-4-8-9-6/h3-4,10-11H,5H2,1-2H3,(H,8,9). The Hall–Kier alpha value is -0.920. The van der Waals surface area contributed by atoms with Crippen LogP contribution in [0, 0.1) is 0 Å². The minimum absolute atomic E-state index is 0.0148. The fourth-order valence-electron chi connectivity index (χ4n) is 0.844. The zero-order valence-corrected chi connectivity index (χ0v) is 8.80. The zero-order chi connectivity index (χ0) is 10.8. The lowest BCUT2D eigenvalue weighted by Crippen LogP contribution is -2.46. The van der Waals surface area contributed by atoms with E-state index in [0.29, 0.717) is 0 Å². The van der Waals surface area contributed by atoms with Gasteiger partial charge in [-0.25, -0.2) is 13.1 Å². The first kappa shape index (κ1) is 11.2. The summed E-state index contributed by atoms with van der Waals surface area (Å²) in [6.07, 6.45) is 1.35. The minimum atomic E-state index is -3.61. The van der Waals surface area contributed by atoms with Crippen LogP contribution in [0.1, 0.15) is 13.8 Å². The third kappa shape index (κ3) is 2.53. The Morgan fingerprint density at radius 3 is 2.71 bits per heavy atom. The lowest BCUT2D eigenvalue weighted by atomic mass is 10.1. The molecule has 0 aliphatic rings. The number of aromatic amines is 1. The third-order valence-corrected chi connectivity index (χ3v) is 3.20. The Bertz CT molecular complexity index is 382. The molecule has 0 fully saturated rings. The maximum Gasteiger partial charge on any atom is 0.258 e. The molecule has 0 aliphatic carbocycles. The molecule has 0 radical (unpaired) electrons. The number of nitrogens with one attached hydrogen (secondary N) is 2. The molecule has 14 heavy (non-hydrogen) atoms. The number of hydrogen-bond acceptors (Lipinski definition) is 4. The molecule has 0 aromatic carbocycles. The van der Waals surface area contributed by atoms with Crippen LogP contribution in [0.2, 0.25) is 0 Å². The van der Waals surface area contributed by atoms with E-state index in [1.165, 1.54) is 12.3 Å². The number of H-pyrrole nitrogens is 1. The molecule has 6 nitrogen and oxygen atoms in total. The topological polar surface area (TPSA) is 95.1 Å². The summed E-state index contributed by atoms with van der Waals surface area (Å²) >= 11 is 0. The first-order chi connectivity index (χ1) is 6.37. The fraction of sp³-hybridized carbons (Fsp3) is 0.571. The van der Waals surface area contributed by atoms with Crippen LogP contribution in [0.15, 0.2) is 17.3 Å². The van der Waals surface area contributed by atoms with Crippen molar-refractivity contribution in [3.8, 4) is 0 Å². The molecular formula is C7H13N3O3S. The van der Waals surface area contributed by atoms with Gasteiger partial charge in [-0.15, -0.1) is 0 Å². The first-order valence-corrected chi connectivity index (χ1v) is 5.50. The van der Waals surface area contributed by atoms with Crippen LogP contribution >= 0.6 is 0 Å². The van der Waals surface area contributed by atoms with Crippen molar-refractivity contribution in [2.45, 2.75) is 24.4 Å². The zero-order valence-electron chi connectivity index (χ0n) is 7.98. The third-order valence-electron chi connectivity index (χ3n) is 1.57. The summed E-state index contributed by atoms with van der Waals surface area (Å²) in [7, 11) is -3.61. The number of aliphatic hydroxyl groups is 1. The van der Waals surface area contributed by atoms with Crippen LogP contribution < -0.4 is 4.72 Å². The first-order valence-electron chi connectivity index (χ1n) is 4.02. The van der Waals surface area contributed by atoms with Gasteiger partial charge in [0.05, 0.1) is 18.3 Å². The van der Waals surface area contributed by atoms with Gasteiger partial charge in [0.2, 0.25) is 0 Å². The minimum Gasteiger partial charge on any atom is -0.394 e. The Balaban J connectivity index is 2.89. The van der Waals surface area contributed by atoms with E-state index < -0.39 is 15.6 Å². The molecule has 3 N–H and O–H groups in total. The SMILES string of the molecule is CC(C)(CO)NS(=O)(=O)c1ccn[nH]1. The van der Waals surface area contributed by atoms with Gasteiger partial charge in [-0.1, -0.05) is 0 Å². The summed E-state index contributed by atoms with van der Waals surface area (Å²) < 4.78 is 25.5. The highest BCUT2D eigenvalue weighted by Crippen LogP contribution is 2.09. The molecule has 1 aromatic rings. The normalized spacial score (nSPS) is 13.1. The van der Waals surface area contributed by atoms with Gasteiger partial charge in [-0.3, -0.25) is 5.10 Å². The highest BCUT2D eigenvalue weighted by Gasteiger charge is 2.26. The van der Waals surface area contributed by atoms with Crippen LogP contribution in [-0.2, 0) is 10.0 Å². The molecule has 80 valence electrons. The second-order valence-corrected chi connectivity index (χ2v) is 5.22. The van der Waals surface area contributed by atoms with Gasteiger partial charge in [0, 0.05) is 0 Å². The Morgan fingerprint density at radius 2 is 2.29 bits per heavy atom. The average molecular weight is 219 g/mol. The smallest absolute Gasteiger partial charge is 0.258 e. The van der Waals surface area contributed by atoms with Gasteiger partial charge in [-0.05, 0) is 19.9 Å². The molecule has 0 saturated carbocycles. The molecule has 0 saturated heterocycles. The van der Waals surface area contributed by atoms with Crippen molar-refractivity contribution in [2.24, 2.45) is 0 Å². The molecule has 0 amide bonds. The summed E-state index contributed by atoms with van der Waals surface area (Å²) in [6, 6.07) is 1.34. The van der Waals surface area contributed by atoms with E-state index in [4.69, 9.17) is 5.11 Å². The molecule has 1 aromatic heterocycles. The van der Waals surface area contributed by atoms with Crippen LogP contribution in [0.4, 0.5) is 0 Å². The summed E-state index contributed by atoms with van der Waals surface area (Å²) in [4.78, 5) is 0. The predicted octanol–water partition coefficient (Wildman–Crippen LogP) is -0.541. The van der Waals surface area contributed by atoms with Crippen molar-refractivity contribution >= 4 is 10.0 Å². The molecule has 1 rings (SSSR count). The molecule has 1 heterocycles. The van der Waals surface area contributed by atoms with Crippen LogP contribution in [0.5, 0.6) is 0 Å². The quantitative estimate of drug-likeness (QED) is 0.633. The molecular weight excluding hydrogens is 206 g/mol. The van der Waals surface area contributed by atoms with E-state index in [0.717, 1.165) is 0 Å². The van der Waals surface area contributed by atoms with Gasteiger partial charge in [0.25, 0.3) is 10.0 Å². The second-order valence-electron chi connectivity index (χ2n) is 3.57. The molecule has 7 heteroatoms. The summed E-state index contributed by atoms with van der Waals surface area (Å²) in [5.74, 6) is 0.